The van der Waals surface area contributed by atoms with Crippen molar-refractivity contribution in [1.82, 2.24) is 5.32 Å². The van der Waals surface area contributed by atoms with Gasteiger partial charge < -0.3 is 10.1 Å². The number of benzene rings is 1. The van der Waals surface area contributed by atoms with E-state index in [2.05, 4.69) is 5.32 Å². The highest BCUT2D eigenvalue weighted by molar-refractivity contribution is 5.85. The number of methoxy groups -OCH3 is 1. The van der Waals surface area contributed by atoms with E-state index in [-0.39, 0.29) is 23.6 Å². The standard InChI is InChI=1S/C12H14FNO.ClH/c1-15-11-3-2-8(4-10(11)13)12-5-9(12)6-14-7-12;/h2-4,9,14H,5-7H2,1H3;1H. The first kappa shape index (κ1) is 11.7. The van der Waals surface area contributed by atoms with Crippen LogP contribution in [0.15, 0.2) is 18.2 Å². The number of piperidine rings is 1. The molecule has 4 heteroatoms. The molecular weight excluding hydrogens is 229 g/mol. The molecule has 0 aromatic heterocycles. The van der Waals surface area contributed by atoms with E-state index in [4.69, 9.17) is 4.74 Å². The zero-order valence-corrected chi connectivity index (χ0v) is 9.94. The Morgan fingerprint density at radius 3 is 2.81 bits per heavy atom. The van der Waals surface area contributed by atoms with Gasteiger partial charge in [0.2, 0.25) is 0 Å². The number of halogens is 2. The second-order valence-electron chi connectivity index (χ2n) is 4.54. The highest BCUT2D eigenvalue weighted by atomic mass is 35.5. The van der Waals surface area contributed by atoms with Gasteiger partial charge in [-0.2, -0.15) is 0 Å². The van der Waals surface area contributed by atoms with Gasteiger partial charge in [0.25, 0.3) is 0 Å². The fourth-order valence-corrected chi connectivity index (χ4v) is 2.77. The highest BCUT2D eigenvalue weighted by Gasteiger charge is 2.58. The lowest BCUT2D eigenvalue weighted by Crippen LogP contribution is -2.19. The van der Waals surface area contributed by atoms with Gasteiger partial charge in [0.1, 0.15) is 0 Å². The summed E-state index contributed by atoms with van der Waals surface area (Å²) in [4.78, 5) is 0. The SMILES string of the molecule is COc1ccc(C23CNCC2C3)cc1F.Cl. The number of hydrogen-bond donors (Lipinski definition) is 1. The molecule has 0 spiro atoms. The first-order valence-electron chi connectivity index (χ1n) is 5.31. The van der Waals surface area contributed by atoms with Crippen LogP contribution in [0.3, 0.4) is 0 Å². The third kappa shape index (κ3) is 1.50. The second kappa shape index (κ2) is 3.90. The monoisotopic (exact) mass is 243 g/mol. The molecule has 1 heterocycles. The molecule has 2 aliphatic rings. The molecule has 1 aromatic carbocycles. The Morgan fingerprint density at radius 2 is 2.31 bits per heavy atom. The Hall–Kier alpha value is -0.800. The van der Waals surface area contributed by atoms with Crippen LogP contribution < -0.4 is 10.1 Å². The van der Waals surface area contributed by atoms with Crippen molar-refractivity contribution in [3.63, 3.8) is 0 Å². The molecule has 1 saturated heterocycles. The zero-order chi connectivity index (χ0) is 10.5. The molecule has 1 saturated carbocycles. The van der Waals surface area contributed by atoms with Crippen LogP contribution in [0, 0.1) is 11.7 Å². The molecule has 0 bridgehead atoms. The maximum absolute atomic E-state index is 13.5. The summed E-state index contributed by atoms with van der Waals surface area (Å²) in [7, 11) is 1.49. The minimum atomic E-state index is -0.248. The van der Waals surface area contributed by atoms with Gasteiger partial charge in [-0.05, 0) is 36.6 Å². The van der Waals surface area contributed by atoms with Crippen LogP contribution in [-0.2, 0) is 5.41 Å². The van der Waals surface area contributed by atoms with Crippen LogP contribution in [0.1, 0.15) is 12.0 Å². The maximum atomic E-state index is 13.5. The number of ether oxygens (including phenoxy) is 1. The van der Waals surface area contributed by atoms with E-state index in [1.165, 1.54) is 13.5 Å². The second-order valence-corrected chi connectivity index (χ2v) is 4.54. The van der Waals surface area contributed by atoms with E-state index in [0.717, 1.165) is 18.7 Å². The number of fused-ring (bicyclic) bond motifs is 1. The molecule has 1 N–H and O–H groups in total. The van der Waals surface area contributed by atoms with Crippen LogP contribution >= 0.6 is 12.4 Å². The Kier molecular flexibility index (Phi) is 2.84. The summed E-state index contributed by atoms with van der Waals surface area (Å²) >= 11 is 0. The lowest BCUT2D eigenvalue weighted by molar-refractivity contribution is 0.385. The normalized spacial score (nSPS) is 30.5. The minimum absolute atomic E-state index is 0. The third-order valence-electron chi connectivity index (χ3n) is 3.79. The topological polar surface area (TPSA) is 21.3 Å². The summed E-state index contributed by atoms with van der Waals surface area (Å²) in [6.07, 6.45) is 1.20. The van der Waals surface area contributed by atoms with Gasteiger partial charge in [-0.1, -0.05) is 6.07 Å². The number of rotatable bonds is 2. The Labute approximate surface area is 101 Å². The van der Waals surface area contributed by atoms with Crippen molar-refractivity contribution in [2.45, 2.75) is 11.8 Å². The quantitative estimate of drug-likeness (QED) is 0.859. The van der Waals surface area contributed by atoms with Crippen molar-refractivity contribution in [2.75, 3.05) is 20.2 Å². The van der Waals surface area contributed by atoms with Crippen molar-refractivity contribution < 1.29 is 9.13 Å². The van der Waals surface area contributed by atoms with Gasteiger partial charge in [0, 0.05) is 12.0 Å². The Bertz CT molecular complexity index is 412. The molecule has 2 atom stereocenters. The van der Waals surface area contributed by atoms with Crippen LogP contribution in [-0.4, -0.2) is 20.2 Å². The van der Waals surface area contributed by atoms with E-state index in [0.29, 0.717) is 11.7 Å². The Morgan fingerprint density at radius 1 is 1.50 bits per heavy atom. The van der Waals surface area contributed by atoms with E-state index in [1.807, 2.05) is 6.07 Å². The molecule has 2 fully saturated rings. The molecule has 88 valence electrons. The summed E-state index contributed by atoms with van der Waals surface area (Å²) in [6, 6.07) is 5.36. The number of hydrogen-bond acceptors (Lipinski definition) is 2. The molecule has 0 radical (unpaired) electrons. The smallest absolute Gasteiger partial charge is 0.165 e. The summed E-state index contributed by atoms with van der Waals surface area (Å²) in [5.74, 6) is 0.797. The zero-order valence-electron chi connectivity index (χ0n) is 9.13. The summed E-state index contributed by atoms with van der Waals surface area (Å²) in [5, 5.41) is 3.36. The lowest BCUT2D eigenvalue weighted by atomic mass is 9.95. The lowest BCUT2D eigenvalue weighted by Gasteiger charge is -2.13. The molecule has 3 rings (SSSR count). The van der Waals surface area contributed by atoms with E-state index < -0.39 is 0 Å². The minimum Gasteiger partial charge on any atom is -0.494 e. The highest BCUT2D eigenvalue weighted by Crippen LogP contribution is 2.56. The van der Waals surface area contributed by atoms with Crippen LogP contribution in [0.5, 0.6) is 5.75 Å². The van der Waals surface area contributed by atoms with Gasteiger partial charge >= 0.3 is 0 Å². The fraction of sp³-hybridized carbons (Fsp3) is 0.500. The van der Waals surface area contributed by atoms with Crippen LogP contribution in [0.4, 0.5) is 4.39 Å². The predicted octanol–water partition coefficient (Wildman–Crippen LogP) is 2.12. The van der Waals surface area contributed by atoms with Gasteiger partial charge in [-0.25, -0.2) is 4.39 Å². The summed E-state index contributed by atoms with van der Waals surface area (Å²) in [5.41, 5.74) is 1.35. The molecule has 1 aliphatic carbocycles. The molecule has 16 heavy (non-hydrogen) atoms. The van der Waals surface area contributed by atoms with E-state index in [9.17, 15) is 4.39 Å². The summed E-state index contributed by atoms with van der Waals surface area (Å²) < 4.78 is 18.5. The average molecular weight is 244 g/mol. The van der Waals surface area contributed by atoms with Crippen molar-refractivity contribution in [2.24, 2.45) is 5.92 Å². The largest absolute Gasteiger partial charge is 0.494 e. The summed E-state index contributed by atoms with van der Waals surface area (Å²) in [6.45, 7) is 2.07. The van der Waals surface area contributed by atoms with Gasteiger partial charge in [-0.15, -0.1) is 12.4 Å². The van der Waals surface area contributed by atoms with Crippen LogP contribution in [0.25, 0.3) is 0 Å². The Balaban J connectivity index is 0.000000963. The predicted molar refractivity (Wildman–Crippen MR) is 62.9 cm³/mol. The van der Waals surface area contributed by atoms with Crippen molar-refractivity contribution >= 4 is 12.4 Å². The molecule has 2 unspecified atom stereocenters. The molecule has 0 amide bonds. The van der Waals surface area contributed by atoms with Gasteiger partial charge in [0.15, 0.2) is 11.6 Å². The molecule has 2 nitrogen and oxygen atoms in total. The number of nitrogens with one attached hydrogen (secondary N) is 1. The first-order chi connectivity index (χ1) is 7.26. The van der Waals surface area contributed by atoms with Gasteiger partial charge in [-0.3, -0.25) is 0 Å². The van der Waals surface area contributed by atoms with Crippen molar-refractivity contribution in [3.05, 3.63) is 29.6 Å². The van der Waals surface area contributed by atoms with Crippen molar-refractivity contribution in [3.8, 4) is 5.75 Å². The van der Waals surface area contributed by atoms with E-state index >= 15 is 0 Å². The van der Waals surface area contributed by atoms with Crippen molar-refractivity contribution in [1.29, 1.82) is 0 Å². The average Bonchev–Trinajstić information content (AvgIpc) is 2.82. The van der Waals surface area contributed by atoms with E-state index in [1.54, 1.807) is 12.1 Å². The molecule has 1 aromatic rings. The first-order valence-corrected chi connectivity index (χ1v) is 5.31. The van der Waals surface area contributed by atoms with Gasteiger partial charge in [0.05, 0.1) is 7.11 Å². The fourth-order valence-electron chi connectivity index (χ4n) is 2.77. The molecular formula is C12H15ClFNO. The maximum Gasteiger partial charge on any atom is 0.165 e. The van der Waals surface area contributed by atoms with Crippen LogP contribution in [0.2, 0.25) is 0 Å². The molecule has 1 aliphatic heterocycles. The third-order valence-corrected chi connectivity index (χ3v) is 3.79.